The molecule has 1 aromatic heterocycles. The summed E-state index contributed by atoms with van der Waals surface area (Å²) in [5, 5.41) is 0. The molecule has 3 heterocycles. The van der Waals surface area contributed by atoms with Gasteiger partial charge in [-0.15, -0.1) is 0 Å². The van der Waals surface area contributed by atoms with E-state index in [1.54, 1.807) is 0 Å². The van der Waals surface area contributed by atoms with Crippen LogP contribution in [-0.2, 0) is 6.54 Å². The number of aromatic nitrogens is 1. The fraction of sp³-hybridized carbons (Fsp3) is 0.353. The lowest BCUT2D eigenvalue weighted by Crippen LogP contribution is -2.46. The molecule has 0 N–H and O–H groups in total. The molecule has 2 aromatic rings. The van der Waals surface area contributed by atoms with Gasteiger partial charge in [-0.3, -0.25) is 4.90 Å². The van der Waals surface area contributed by atoms with Crippen LogP contribution in [0.15, 0.2) is 41.0 Å². The van der Waals surface area contributed by atoms with Crippen molar-refractivity contribution in [1.82, 2.24) is 9.88 Å². The Morgan fingerprint density at radius 1 is 1.00 bits per heavy atom. The first-order valence-electron chi connectivity index (χ1n) is 7.75. The fourth-order valence-electron chi connectivity index (χ4n) is 2.99. The molecule has 0 radical (unpaired) electrons. The third kappa shape index (κ3) is 3.28. The van der Waals surface area contributed by atoms with Crippen molar-refractivity contribution in [1.29, 1.82) is 0 Å². The van der Waals surface area contributed by atoms with E-state index in [1.165, 1.54) is 5.56 Å². The Morgan fingerprint density at radius 2 is 1.83 bits per heavy atom. The molecule has 1 aromatic carbocycles. The van der Waals surface area contributed by atoms with Gasteiger partial charge >= 0.3 is 0 Å². The maximum absolute atomic E-state index is 5.45. The van der Waals surface area contributed by atoms with Crippen molar-refractivity contribution < 1.29 is 9.47 Å². The molecule has 1 fully saturated rings. The molecule has 0 atom stereocenters. The van der Waals surface area contributed by atoms with E-state index in [1.807, 2.05) is 18.3 Å². The number of piperazine rings is 1. The molecule has 1 saturated heterocycles. The van der Waals surface area contributed by atoms with Gasteiger partial charge in [0.25, 0.3) is 0 Å². The molecule has 4 rings (SSSR count). The molecule has 0 saturated carbocycles. The summed E-state index contributed by atoms with van der Waals surface area (Å²) in [5.41, 5.74) is 1.27. The van der Waals surface area contributed by atoms with Crippen molar-refractivity contribution in [2.75, 3.05) is 37.9 Å². The minimum absolute atomic E-state index is 0.331. The SMILES string of the molecule is Brc1ccc(N2CCN(Cc3ccc4c(c3)OCO4)CC2)nc1. The van der Waals surface area contributed by atoms with Gasteiger partial charge < -0.3 is 14.4 Å². The molecule has 0 amide bonds. The van der Waals surface area contributed by atoms with Crippen LogP contribution in [0, 0.1) is 0 Å². The lowest BCUT2D eigenvalue weighted by molar-refractivity contribution is 0.174. The summed E-state index contributed by atoms with van der Waals surface area (Å²) in [4.78, 5) is 9.28. The zero-order chi connectivity index (χ0) is 15.6. The Kier molecular flexibility index (Phi) is 4.10. The van der Waals surface area contributed by atoms with E-state index in [9.17, 15) is 0 Å². The quantitative estimate of drug-likeness (QED) is 0.824. The summed E-state index contributed by atoms with van der Waals surface area (Å²) in [6, 6.07) is 10.3. The van der Waals surface area contributed by atoms with Crippen molar-refractivity contribution in [2.24, 2.45) is 0 Å². The molecule has 120 valence electrons. The molecular weight excluding hydrogens is 358 g/mol. The van der Waals surface area contributed by atoms with Crippen LogP contribution in [-0.4, -0.2) is 42.9 Å². The van der Waals surface area contributed by atoms with Gasteiger partial charge in [0.1, 0.15) is 5.82 Å². The van der Waals surface area contributed by atoms with Gasteiger partial charge in [-0.05, 0) is 45.8 Å². The molecule has 0 unspecified atom stereocenters. The van der Waals surface area contributed by atoms with E-state index in [2.05, 4.69) is 48.9 Å². The second-order valence-electron chi connectivity index (χ2n) is 5.79. The van der Waals surface area contributed by atoms with Crippen LogP contribution in [0.25, 0.3) is 0 Å². The summed E-state index contributed by atoms with van der Waals surface area (Å²) in [5.74, 6) is 2.76. The third-order valence-electron chi connectivity index (χ3n) is 4.25. The number of benzene rings is 1. The largest absolute Gasteiger partial charge is 0.454 e. The number of pyridine rings is 1. The standard InChI is InChI=1S/C17H18BrN3O2/c18-14-2-4-17(19-10-14)21-7-5-20(6-8-21)11-13-1-3-15-16(9-13)23-12-22-15/h1-4,9-10H,5-8,11-12H2. The van der Waals surface area contributed by atoms with Gasteiger partial charge in [-0.25, -0.2) is 4.98 Å². The lowest BCUT2D eigenvalue weighted by atomic mass is 10.1. The fourth-order valence-corrected chi connectivity index (χ4v) is 3.22. The maximum Gasteiger partial charge on any atom is 0.231 e. The van der Waals surface area contributed by atoms with Crippen LogP contribution in [0.5, 0.6) is 11.5 Å². The monoisotopic (exact) mass is 375 g/mol. The smallest absolute Gasteiger partial charge is 0.231 e. The topological polar surface area (TPSA) is 37.8 Å². The van der Waals surface area contributed by atoms with E-state index in [-0.39, 0.29) is 0 Å². The number of anilines is 1. The summed E-state index contributed by atoms with van der Waals surface area (Å²) in [6.07, 6.45) is 1.86. The first-order chi connectivity index (χ1) is 11.3. The van der Waals surface area contributed by atoms with Crippen molar-refractivity contribution in [3.63, 3.8) is 0 Å². The van der Waals surface area contributed by atoms with Crippen LogP contribution < -0.4 is 14.4 Å². The molecular formula is C17H18BrN3O2. The van der Waals surface area contributed by atoms with Crippen molar-refractivity contribution >= 4 is 21.7 Å². The number of halogens is 1. The number of hydrogen-bond donors (Lipinski definition) is 0. The van der Waals surface area contributed by atoms with Gasteiger partial charge in [-0.2, -0.15) is 0 Å². The van der Waals surface area contributed by atoms with Gasteiger partial charge in [0.2, 0.25) is 6.79 Å². The Bertz CT molecular complexity index is 685. The van der Waals surface area contributed by atoms with Gasteiger partial charge in [0.15, 0.2) is 11.5 Å². The Labute approximate surface area is 144 Å². The van der Waals surface area contributed by atoms with Crippen molar-refractivity contribution in [2.45, 2.75) is 6.54 Å². The molecule has 2 aliphatic rings. The highest BCUT2D eigenvalue weighted by atomic mass is 79.9. The predicted octanol–water partition coefficient (Wildman–Crippen LogP) is 2.90. The number of hydrogen-bond acceptors (Lipinski definition) is 5. The van der Waals surface area contributed by atoms with Crippen LogP contribution >= 0.6 is 15.9 Å². The van der Waals surface area contributed by atoms with Crippen LogP contribution in [0.4, 0.5) is 5.82 Å². The number of nitrogens with zero attached hydrogens (tertiary/aromatic N) is 3. The van der Waals surface area contributed by atoms with Gasteiger partial charge in [0, 0.05) is 43.4 Å². The zero-order valence-corrected chi connectivity index (χ0v) is 14.3. The highest BCUT2D eigenvalue weighted by Crippen LogP contribution is 2.32. The third-order valence-corrected chi connectivity index (χ3v) is 4.72. The molecule has 6 heteroatoms. The first-order valence-corrected chi connectivity index (χ1v) is 8.55. The van der Waals surface area contributed by atoms with Gasteiger partial charge in [0.05, 0.1) is 0 Å². The second-order valence-corrected chi connectivity index (χ2v) is 6.70. The van der Waals surface area contributed by atoms with E-state index < -0.39 is 0 Å². The van der Waals surface area contributed by atoms with Gasteiger partial charge in [-0.1, -0.05) is 6.07 Å². The minimum atomic E-state index is 0.331. The first kappa shape index (κ1) is 14.8. The van der Waals surface area contributed by atoms with E-state index in [4.69, 9.17) is 9.47 Å². The number of ether oxygens (including phenoxy) is 2. The summed E-state index contributed by atoms with van der Waals surface area (Å²) in [6.45, 7) is 5.34. The normalized spacial score (nSPS) is 17.5. The predicted molar refractivity (Wildman–Crippen MR) is 92.0 cm³/mol. The second kappa shape index (κ2) is 6.37. The highest BCUT2D eigenvalue weighted by molar-refractivity contribution is 9.10. The molecule has 0 aliphatic carbocycles. The average Bonchev–Trinajstić information content (AvgIpc) is 3.04. The van der Waals surface area contributed by atoms with E-state index >= 15 is 0 Å². The summed E-state index contributed by atoms with van der Waals surface area (Å²) < 4.78 is 11.8. The zero-order valence-electron chi connectivity index (χ0n) is 12.7. The van der Waals surface area contributed by atoms with Crippen molar-refractivity contribution in [3.8, 4) is 11.5 Å². The Hall–Kier alpha value is -1.79. The molecule has 0 spiro atoms. The van der Waals surface area contributed by atoms with Crippen LogP contribution in [0.1, 0.15) is 5.56 Å². The average molecular weight is 376 g/mol. The number of rotatable bonds is 3. The molecule has 2 aliphatic heterocycles. The number of fused-ring (bicyclic) bond motifs is 1. The molecule has 23 heavy (non-hydrogen) atoms. The summed E-state index contributed by atoms with van der Waals surface area (Å²) >= 11 is 3.43. The van der Waals surface area contributed by atoms with Crippen LogP contribution in [0.3, 0.4) is 0 Å². The lowest BCUT2D eigenvalue weighted by Gasteiger charge is -2.35. The van der Waals surface area contributed by atoms with E-state index in [0.29, 0.717) is 6.79 Å². The summed E-state index contributed by atoms with van der Waals surface area (Å²) in [7, 11) is 0. The highest BCUT2D eigenvalue weighted by Gasteiger charge is 2.19. The molecule has 5 nitrogen and oxygen atoms in total. The Morgan fingerprint density at radius 3 is 2.61 bits per heavy atom. The maximum atomic E-state index is 5.45. The van der Waals surface area contributed by atoms with E-state index in [0.717, 1.165) is 54.5 Å². The van der Waals surface area contributed by atoms with Crippen molar-refractivity contribution in [3.05, 3.63) is 46.6 Å². The van der Waals surface area contributed by atoms with Crippen LogP contribution in [0.2, 0.25) is 0 Å². The minimum Gasteiger partial charge on any atom is -0.454 e. The molecule has 0 bridgehead atoms. The Balaban J connectivity index is 1.35.